The van der Waals surface area contributed by atoms with Gasteiger partial charge in [-0.25, -0.2) is 4.98 Å². The second-order valence-electron chi connectivity index (χ2n) is 15.7. The minimum atomic E-state index is 0. The van der Waals surface area contributed by atoms with Gasteiger partial charge in [-0.2, -0.15) is 17.2 Å². The molecule has 2 fully saturated rings. The molecule has 0 bridgehead atoms. The van der Waals surface area contributed by atoms with Crippen LogP contribution in [0.2, 0.25) is 0 Å². The number of hydrogen-bond acceptors (Lipinski definition) is 3. The number of benzene rings is 4. The van der Waals surface area contributed by atoms with Gasteiger partial charge >= 0.3 is 21.1 Å². The predicted molar refractivity (Wildman–Crippen MR) is 216 cm³/mol. The number of fused-ring (bicyclic) bond motifs is 3. The molecule has 0 radical (unpaired) electrons. The summed E-state index contributed by atoms with van der Waals surface area (Å²) in [5, 5.41) is 7.22. The summed E-state index contributed by atoms with van der Waals surface area (Å²) in [6, 6.07) is 35.0. The third-order valence-corrected chi connectivity index (χ3v) is 11.7. The second-order valence-corrected chi connectivity index (χ2v) is 15.7. The predicted octanol–water partition coefficient (Wildman–Crippen LogP) is 12.9. The Kier molecular flexibility index (Phi) is 10.6. The molecule has 2 aliphatic rings. The van der Waals surface area contributed by atoms with Crippen molar-refractivity contribution in [3.8, 4) is 34.1 Å². The fourth-order valence-corrected chi connectivity index (χ4v) is 9.07. The molecule has 0 atom stereocenters. The summed E-state index contributed by atoms with van der Waals surface area (Å²) in [6.45, 7) is 6.72. The molecule has 3 heterocycles. The van der Waals surface area contributed by atoms with Crippen LogP contribution in [-0.4, -0.2) is 19.3 Å². The Morgan fingerprint density at radius 1 is 0.741 bits per heavy atom. The van der Waals surface area contributed by atoms with E-state index in [0.717, 1.165) is 33.3 Å². The van der Waals surface area contributed by atoms with E-state index in [1.165, 1.54) is 86.5 Å². The Hall–Kier alpha value is -4.47. The molecule has 4 aromatic carbocycles. The zero-order valence-electron chi connectivity index (χ0n) is 31.6. The number of nitrogens with zero attached hydrogens (tertiary/aromatic N) is 4. The van der Waals surface area contributed by atoms with Gasteiger partial charge in [0.2, 0.25) is 0 Å². The fraction of sp³-hybridized carbons (Fsp3) is 0.333. The van der Waals surface area contributed by atoms with E-state index in [4.69, 9.17) is 14.8 Å². The van der Waals surface area contributed by atoms with Gasteiger partial charge in [-0.15, -0.1) is 35.7 Å². The zero-order valence-corrected chi connectivity index (χ0v) is 33.8. The molecule has 276 valence electrons. The molecular formula is C48H48N4OPt. The standard InChI is InChI=1S/C48H48N4O.Pt/c1-32(2)36-23-24-49-47(27-36)52-45-20-11-10-19-41(45)42-22-21-40(29-46(42)52)53-39-18-12-17-38(28-39)51-31-37(30-50-51)48-43(34-13-6-4-7-14-34)25-33(3)26-44(48)35-15-8-5-9-16-35;/h10-12,17-27,30-32,34-35H,4-9,13-16H2,1-3H3;/q-2;+2. The third kappa shape index (κ3) is 7.08. The average Bonchev–Trinajstić information content (AvgIpc) is 3.82. The molecule has 5 nitrogen and oxygen atoms in total. The number of hydrogen-bond donors (Lipinski definition) is 0. The van der Waals surface area contributed by atoms with E-state index in [-0.39, 0.29) is 21.1 Å². The smallest absolute Gasteiger partial charge is 0.509 e. The van der Waals surface area contributed by atoms with Crippen LogP contribution < -0.4 is 4.74 Å². The first-order valence-electron chi connectivity index (χ1n) is 19.8. The van der Waals surface area contributed by atoms with E-state index in [9.17, 15) is 0 Å². The van der Waals surface area contributed by atoms with Gasteiger partial charge in [-0.3, -0.25) is 4.68 Å². The molecule has 0 amide bonds. The first-order valence-corrected chi connectivity index (χ1v) is 19.8. The Morgan fingerprint density at radius 3 is 2.17 bits per heavy atom. The van der Waals surface area contributed by atoms with Crippen LogP contribution in [-0.2, 0) is 21.1 Å². The Bertz CT molecular complexity index is 2370. The monoisotopic (exact) mass is 891 g/mol. The molecule has 2 saturated carbocycles. The van der Waals surface area contributed by atoms with E-state index in [1.54, 1.807) is 11.1 Å². The Morgan fingerprint density at radius 2 is 1.44 bits per heavy atom. The van der Waals surface area contributed by atoms with Crippen LogP contribution in [0, 0.1) is 19.1 Å². The Labute approximate surface area is 334 Å². The van der Waals surface area contributed by atoms with Crippen LogP contribution in [0.25, 0.3) is 44.4 Å². The van der Waals surface area contributed by atoms with Crippen molar-refractivity contribution in [2.75, 3.05) is 0 Å². The van der Waals surface area contributed by atoms with E-state index in [1.807, 2.05) is 29.1 Å². The van der Waals surface area contributed by atoms with E-state index in [0.29, 0.717) is 29.3 Å². The maximum Gasteiger partial charge on any atom is 2.00 e. The molecule has 9 rings (SSSR count). The Balaban J connectivity index is 0.00000413. The van der Waals surface area contributed by atoms with Crippen LogP contribution >= 0.6 is 0 Å². The summed E-state index contributed by atoms with van der Waals surface area (Å²) in [7, 11) is 0. The van der Waals surface area contributed by atoms with Crippen LogP contribution in [0.3, 0.4) is 0 Å². The summed E-state index contributed by atoms with van der Waals surface area (Å²) in [4.78, 5) is 4.80. The SMILES string of the molecule is Cc1cc(C2CCCCC2)c(-c2cnn(-c3[c-]c(Oc4[c-]c5c(cc4)c4ccccc4n5-c4cc(C(C)C)ccn4)ccc3)c2)c(C2CCCCC2)c1.[Pt+2]. The molecular weight excluding hydrogens is 844 g/mol. The molecule has 0 unspecified atom stereocenters. The first kappa shape index (κ1) is 36.5. The molecule has 3 aromatic heterocycles. The largest absolute Gasteiger partial charge is 2.00 e. The van der Waals surface area contributed by atoms with Crippen molar-refractivity contribution in [1.29, 1.82) is 0 Å². The summed E-state index contributed by atoms with van der Waals surface area (Å²) in [6.07, 6.45) is 19.4. The van der Waals surface area contributed by atoms with Gasteiger partial charge < -0.3 is 9.30 Å². The van der Waals surface area contributed by atoms with Crippen LogP contribution in [0.4, 0.5) is 0 Å². The minimum absolute atomic E-state index is 0. The molecule has 0 aliphatic heterocycles. The van der Waals surface area contributed by atoms with Crippen LogP contribution in [0.1, 0.15) is 118 Å². The summed E-state index contributed by atoms with van der Waals surface area (Å²) < 4.78 is 10.7. The number of aryl methyl sites for hydroxylation is 1. The summed E-state index contributed by atoms with van der Waals surface area (Å²) >= 11 is 0. The summed E-state index contributed by atoms with van der Waals surface area (Å²) in [5.41, 5.74) is 11.3. The number of rotatable bonds is 8. The first-order chi connectivity index (χ1) is 26.0. The van der Waals surface area contributed by atoms with Crippen molar-refractivity contribution in [2.24, 2.45) is 0 Å². The molecule has 6 heteroatoms. The van der Waals surface area contributed by atoms with Crippen LogP contribution in [0.15, 0.2) is 97.5 Å². The van der Waals surface area contributed by atoms with Crippen molar-refractivity contribution in [1.82, 2.24) is 19.3 Å². The van der Waals surface area contributed by atoms with E-state index in [2.05, 4.69) is 111 Å². The molecule has 0 N–H and O–H groups in total. The molecule has 7 aromatic rings. The summed E-state index contributed by atoms with van der Waals surface area (Å²) in [5.74, 6) is 3.77. The quantitative estimate of drug-likeness (QED) is 0.143. The molecule has 2 aliphatic carbocycles. The second kappa shape index (κ2) is 15.7. The van der Waals surface area contributed by atoms with Crippen molar-refractivity contribution in [3.63, 3.8) is 0 Å². The van der Waals surface area contributed by atoms with Gasteiger partial charge in [-0.05, 0) is 102 Å². The van der Waals surface area contributed by atoms with Gasteiger partial charge in [0.15, 0.2) is 0 Å². The van der Waals surface area contributed by atoms with E-state index >= 15 is 0 Å². The molecule has 0 spiro atoms. The van der Waals surface area contributed by atoms with Crippen LogP contribution in [0.5, 0.6) is 11.5 Å². The number of ether oxygens (including phenoxy) is 1. The maximum atomic E-state index is 6.51. The van der Waals surface area contributed by atoms with Gasteiger partial charge in [-0.1, -0.05) is 93.8 Å². The number of para-hydroxylation sites is 1. The van der Waals surface area contributed by atoms with Crippen molar-refractivity contribution >= 4 is 21.8 Å². The third-order valence-electron chi connectivity index (χ3n) is 11.7. The van der Waals surface area contributed by atoms with Gasteiger partial charge in [0, 0.05) is 35.0 Å². The topological polar surface area (TPSA) is 44.9 Å². The van der Waals surface area contributed by atoms with Crippen molar-refractivity contribution < 1.29 is 25.8 Å². The normalized spacial score (nSPS) is 15.6. The minimum Gasteiger partial charge on any atom is -0.509 e. The molecule has 0 saturated heterocycles. The zero-order chi connectivity index (χ0) is 35.9. The van der Waals surface area contributed by atoms with Gasteiger partial charge in [0.05, 0.1) is 6.20 Å². The van der Waals surface area contributed by atoms with Crippen molar-refractivity contribution in [2.45, 2.75) is 103 Å². The molecule has 54 heavy (non-hydrogen) atoms. The average molecular weight is 892 g/mol. The van der Waals surface area contributed by atoms with E-state index < -0.39 is 0 Å². The van der Waals surface area contributed by atoms with Gasteiger partial charge in [0.1, 0.15) is 5.82 Å². The fourth-order valence-electron chi connectivity index (χ4n) is 9.07. The van der Waals surface area contributed by atoms with Crippen molar-refractivity contribution in [3.05, 3.63) is 132 Å². The maximum absolute atomic E-state index is 6.51. The van der Waals surface area contributed by atoms with Gasteiger partial charge in [0.25, 0.3) is 0 Å². The number of aromatic nitrogens is 4. The number of pyridine rings is 1.